The molecule has 1 aromatic rings. The zero-order valence-electron chi connectivity index (χ0n) is 20.3. The second-order valence-corrected chi connectivity index (χ2v) is 9.22. The van der Waals surface area contributed by atoms with E-state index in [0.717, 1.165) is 78.2 Å². The number of aliphatic imine (C=N–C) groups is 1. The number of nitrogens with zero attached hydrogens (tertiary/aromatic N) is 3. The summed E-state index contributed by atoms with van der Waals surface area (Å²) in [7, 11) is 0. The molecule has 7 heteroatoms. The molecule has 2 fully saturated rings. The normalized spacial score (nSPS) is 19.8. The van der Waals surface area contributed by atoms with E-state index in [1.165, 1.54) is 17.5 Å². The molecular weight excluding hydrogens is 402 g/mol. The van der Waals surface area contributed by atoms with E-state index in [1.54, 1.807) is 0 Å². The van der Waals surface area contributed by atoms with Crippen molar-refractivity contribution in [3.05, 3.63) is 35.4 Å². The molecule has 3 rings (SSSR count). The number of hydrogen-bond donors (Lipinski definition) is 2. The summed E-state index contributed by atoms with van der Waals surface area (Å²) in [5.41, 5.74) is 2.60. The van der Waals surface area contributed by atoms with Crippen molar-refractivity contribution in [3.63, 3.8) is 0 Å². The lowest BCUT2D eigenvalue weighted by molar-refractivity contribution is 0.0132. The van der Waals surface area contributed by atoms with Crippen LogP contribution in [0.3, 0.4) is 0 Å². The lowest BCUT2D eigenvalue weighted by Gasteiger charge is -2.35. The van der Waals surface area contributed by atoms with Crippen LogP contribution < -0.4 is 10.6 Å². The first-order valence-electron chi connectivity index (χ1n) is 12.4. The van der Waals surface area contributed by atoms with E-state index in [4.69, 9.17) is 14.5 Å². The molecule has 2 aliphatic rings. The van der Waals surface area contributed by atoms with Gasteiger partial charge in [-0.1, -0.05) is 38.1 Å². The number of hydrogen-bond acceptors (Lipinski definition) is 5. The Morgan fingerprint density at radius 3 is 2.38 bits per heavy atom. The minimum atomic E-state index is 0.500. The average Bonchev–Trinajstić information content (AvgIpc) is 2.81. The largest absolute Gasteiger partial charge is 0.379 e. The summed E-state index contributed by atoms with van der Waals surface area (Å²) in [5, 5.41) is 7.03. The minimum absolute atomic E-state index is 0.500. The van der Waals surface area contributed by atoms with Crippen LogP contribution >= 0.6 is 0 Å². The maximum Gasteiger partial charge on any atom is 0.191 e. The topological polar surface area (TPSA) is 61.4 Å². The molecule has 1 atom stereocenters. The fraction of sp³-hybridized carbons (Fsp3) is 0.720. The van der Waals surface area contributed by atoms with E-state index >= 15 is 0 Å². The van der Waals surface area contributed by atoms with Crippen LogP contribution in [0.25, 0.3) is 0 Å². The van der Waals surface area contributed by atoms with Crippen molar-refractivity contribution in [1.29, 1.82) is 0 Å². The van der Waals surface area contributed by atoms with Gasteiger partial charge in [0.1, 0.15) is 0 Å². The molecule has 180 valence electrons. The molecule has 0 amide bonds. The molecule has 0 saturated carbocycles. The van der Waals surface area contributed by atoms with Gasteiger partial charge in [0.05, 0.1) is 33.0 Å². The monoisotopic (exact) mass is 445 g/mol. The van der Waals surface area contributed by atoms with Crippen molar-refractivity contribution in [2.75, 3.05) is 65.7 Å². The molecule has 2 heterocycles. The second-order valence-electron chi connectivity index (χ2n) is 9.22. The average molecular weight is 446 g/mol. The van der Waals surface area contributed by atoms with Crippen molar-refractivity contribution in [3.8, 4) is 0 Å². The molecule has 2 N–H and O–H groups in total. The van der Waals surface area contributed by atoms with E-state index < -0.39 is 0 Å². The van der Waals surface area contributed by atoms with Gasteiger partial charge in [-0.2, -0.15) is 0 Å². The van der Waals surface area contributed by atoms with Gasteiger partial charge in [-0.3, -0.25) is 9.80 Å². The Morgan fingerprint density at radius 2 is 1.69 bits per heavy atom. The van der Waals surface area contributed by atoms with Crippen molar-refractivity contribution in [1.82, 2.24) is 20.4 Å². The van der Waals surface area contributed by atoms with Crippen LogP contribution in [0.2, 0.25) is 0 Å². The third-order valence-corrected chi connectivity index (χ3v) is 6.08. The Hall–Kier alpha value is -1.67. The summed E-state index contributed by atoms with van der Waals surface area (Å²) in [4.78, 5) is 9.91. The zero-order chi connectivity index (χ0) is 22.6. The maximum absolute atomic E-state index is 5.56. The third kappa shape index (κ3) is 8.70. The Bertz CT molecular complexity index is 685. The molecule has 1 unspecified atom stereocenters. The van der Waals surface area contributed by atoms with Gasteiger partial charge in [-0.15, -0.1) is 0 Å². The van der Waals surface area contributed by atoms with E-state index in [0.29, 0.717) is 18.5 Å². The summed E-state index contributed by atoms with van der Waals surface area (Å²) >= 11 is 0. The molecule has 0 aliphatic carbocycles. The van der Waals surface area contributed by atoms with Gasteiger partial charge in [-0.25, -0.2) is 4.99 Å². The Balaban J connectivity index is 1.56. The number of guanidine groups is 1. The maximum atomic E-state index is 5.56. The number of ether oxygens (including phenoxy) is 2. The number of benzene rings is 1. The predicted octanol–water partition coefficient (Wildman–Crippen LogP) is 2.32. The smallest absolute Gasteiger partial charge is 0.191 e. The molecule has 0 radical (unpaired) electrons. The number of rotatable bonds is 10. The first-order valence-corrected chi connectivity index (χ1v) is 12.4. The lowest BCUT2D eigenvalue weighted by Crippen LogP contribution is -2.51. The summed E-state index contributed by atoms with van der Waals surface area (Å²) in [6.45, 7) is 17.5. The Kier molecular flexibility index (Phi) is 10.8. The molecule has 0 bridgehead atoms. The number of morpholine rings is 2. The fourth-order valence-electron chi connectivity index (χ4n) is 4.42. The van der Waals surface area contributed by atoms with Crippen molar-refractivity contribution < 1.29 is 9.47 Å². The van der Waals surface area contributed by atoms with Gasteiger partial charge in [0.25, 0.3) is 0 Å². The molecule has 7 nitrogen and oxygen atoms in total. The molecule has 0 aromatic heterocycles. The summed E-state index contributed by atoms with van der Waals surface area (Å²) < 4.78 is 11.0. The second kappa shape index (κ2) is 13.8. The highest BCUT2D eigenvalue weighted by atomic mass is 16.5. The van der Waals surface area contributed by atoms with Crippen LogP contribution in [0, 0.1) is 5.92 Å². The predicted molar refractivity (Wildman–Crippen MR) is 131 cm³/mol. The van der Waals surface area contributed by atoms with Crippen LogP contribution in [0.4, 0.5) is 0 Å². The highest BCUT2D eigenvalue weighted by Gasteiger charge is 2.22. The van der Waals surface area contributed by atoms with Crippen LogP contribution in [0.1, 0.15) is 38.3 Å². The lowest BCUT2D eigenvalue weighted by atomic mass is 10.0. The first kappa shape index (κ1) is 25.0. The van der Waals surface area contributed by atoms with E-state index in [2.05, 4.69) is 65.5 Å². The first-order chi connectivity index (χ1) is 15.6. The van der Waals surface area contributed by atoms with Crippen LogP contribution in [0.15, 0.2) is 29.3 Å². The Labute approximate surface area is 194 Å². The van der Waals surface area contributed by atoms with E-state index in [-0.39, 0.29) is 0 Å². The van der Waals surface area contributed by atoms with Crippen LogP contribution in [-0.4, -0.2) is 87.5 Å². The Morgan fingerprint density at radius 1 is 1.00 bits per heavy atom. The highest BCUT2D eigenvalue weighted by Crippen LogP contribution is 2.13. The molecule has 32 heavy (non-hydrogen) atoms. The van der Waals surface area contributed by atoms with Gasteiger partial charge in [-0.05, 0) is 30.4 Å². The van der Waals surface area contributed by atoms with Gasteiger partial charge < -0.3 is 20.1 Å². The molecule has 0 spiro atoms. The summed E-state index contributed by atoms with van der Waals surface area (Å²) in [6, 6.07) is 9.33. The minimum Gasteiger partial charge on any atom is -0.379 e. The zero-order valence-corrected chi connectivity index (χ0v) is 20.3. The fourth-order valence-corrected chi connectivity index (χ4v) is 4.42. The SMILES string of the molecule is CCNC(=NCc1cccc(CN2CCOCC2)c1)NCC(CC(C)C)N1CCOCC1. The molecule has 2 saturated heterocycles. The van der Waals surface area contributed by atoms with Crippen molar-refractivity contribution in [2.45, 2.75) is 46.3 Å². The van der Waals surface area contributed by atoms with Gasteiger partial charge in [0.15, 0.2) is 5.96 Å². The third-order valence-electron chi connectivity index (χ3n) is 6.08. The van der Waals surface area contributed by atoms with Crippen LogP contribution in [-0.2, 0) is 22.6 Å². The number of nitrogens with one attached hydrogen (secondary N) is 2. The quantitative estimate of drug-likeness (QED) is 0.426. The van der Waals surface area contributed by atoms with Gasteiger partial charge in [0.2, 0.25) is 0 Å². The van der Waals surface area contributed by atoms with Crippen LogP contribution in [0.5, 0.6) is 0 Å². The van der Waals surface area contributed by atoms with E-state index in [1.807, 2.05) is 0 Å². The van der Waals surface area contributed by atoms with Gasteiger partial charge >= 0.3 is 0 Å². The van der Waals surface area contributed by atoms with E-state index in [9.17, 15) is 0 Å². The van der Waals surface area contributed by atoms with Crippen molar-refractivity contribution >= 4 is 5.96 Å². The summed E-state index contributed by atoms with van der Waals surface area (Å²) in [5.74, 6) is 1.56. The molecule has 1 aromatic carbocycles. The van der Waals surface area contributed by atoms with Crippen molar-refractivity contribution in [2.24, 2.45) is 10.9 Å². The van der Waals surface area contributed by atoms with Gasteiger partial charge in [0, 0.05) is 51.9 Å². The summed E-state index contributed by atoms with van der Waals surface area (Å²) in [6.07, 6.45) is 1.18. The molecule has 2 aliphatic heterocycles. The highest BCUT2D eigenvalue weighted by molar-refractivity contribution is 5.79. The standard InChI is InChI=1S/C25H43N5O2/c1-4-26-25(28-19-24(16-21(2)3)30-10-14-32-15-11-30)27-18-22-6-5-7-23(17-22)20-29-8-12-31-13-9-29/h5-7,17,21,24H,4,8-16,18-20H2,1-3H3,(H2,26,27,28). The molecular formula is C25H43N5O2.